The van der Waals surface area contributed by atoms with Gasteiger partial charge in [0.25, 0.3) is 0 Å². The summed E-state index contributed by atoms with van der Waals surface area (Å²) in [4.78, 5) is 12.0. The molecule has 1 saturated heterocycles. The molecule has 2 heterocycles. The van der Waals surface area contributed by atoms with Gasteiger partial charge >= 0.3 is 6.03 Å². The Balaban J connectivity index is 1.93. The maximum absolute atomic E-state index is 12.0. The third-order valence-corrected chi connectivity index (χ3v) is 4.07. The molecule has 0 spiro atoms. The second-order valence-corrected chi connectivity index (χ2v) is 7.52. The summed E-state index contributed by atoms with van der Waals surface area (Å²) in [6, 6.07) is 3.92. The van der Waals surface area contributed by atoms with E-state index in [4.69, 9.17) is 0 Å². The first-order chi connectivity index (χ1) is 8.76. The lowest BCUT2D eigenvalue weighted by molar-refractivity contribution is 0.149. The molecule has 1 aliphatic rings. The molecule has 19 heavy (non-hydrogen) atoms. The van der Waals surface area contributed by atoms with Crippen molar-refractivity contribution in [2.24, 2.45) is 0 Å². The van der Waals surface area contributed by atoms with Crippen LogP contribution >= 0.6 is 11.3 Å². The molecule has 0 radical (unpaired) electrons. The molecule has 0 saturated carbocycles. The number of rotatable bonds is 2. The molecule has 2 amide bonds. The smallest absolute Gasteiger partial charge is 0.320 e. The summed E-state index contributed by atoms with van der Waals surface area (Å²) in [6.07, 6.45) is 1.88. The van der Waals surface area contributed by atoms with Gasteiger partial charge < -0.3 is 10.6 Å². The van der Waals surface area contributed by atoms with Crippen LogP contribution in [0.4, 0.5) is 9.80 Å². The van der Waals surface area contributed by atoms with Gasteiger partial charge in [-0.3, -0.25) is 5.32 Å². The summed E-state index contributed by atoms with van der Waals surface area (Å²) in [6.45, 7) is 8.72. The highest BCUT2D eigenvalue weighted by atomic mass is 32.1. The zero-order valence-electron chi connectivity index (χ0n) is 12.0. The van der Waals surface area contributed by atoms with E-state index in [0.717, 1.165) is 17.8 Å². The van der Waals surface area contributed by atoms with Crippen LogP contribution in [0.25, 0.3) is 0 Å². The molecule has 0 aromatic carbocycles. The standard InChI is InChI=1S/C14H23N3OS/c1-13(2)8-10(9-14(3,4)17-13)15-12(18)16-11-6-5-7-19-11/h5-7,10,17H,8-9H2,1-4H3,(H2,15,16,18). The van der Waals surface area contributed by atoms with Crippen LogP contribution in [-0.4, -0.2) is 23.2 Å². The van der Waals surface area contributed by atoms with Gasteiger partial charge in [0.15, 0.2) is 0 Å². The molecule has 4 nitrogen and oxygen atoms in total. The minimum Gasteiger partial charge on any atom is -0.335 e. The highest BCUT2D eigenvalue weighted by Crippen LogP contribution is 2.28. The topological polar surface area (TPSA) is 53.2 Å². The van der Waals surface area contributed by atoms with Gasteiger partial charge in [0.05, 0.1) is 5.00 Å². The maximum Gasteiger partial charge on any atom is 0.320 e. The average molecular weight is 281 g/mol. The highest BCUT2D eigenvalue weighted by molar-refractivity contribution is 7.14. The fourth-order valence-electron chi connectivity index (χ4n) is 3.11. The van der Waals surface area contributed by atoms with Crippen LogP contribution in [0.3, 0.4) is 0 Å². The first kappa shape index (κ1) is 14.3. The number of carbonyl (C=O) groups excluding carboxylic acids is 1. The number of amides is 2. The van der Waals surface area contributed by atoms with Gasteiger partial charge in [-0.2, -0.15) is 0 Å². The van der Waals surface area contributed by atoms with Crippen molar-refractivity contribution < 1.29 is 4.79 Å². The van der Waals surface area contributed by atoms with Crippen LogP contribution in [0.15, 0.2) is 17.5 Å². The van der Waals surface area contributed by atoms with Gasteiger partial charge in [-0.25, -0.2) is 4.79 Å². The number of nitrogens with one attached hydrogen (secondary N) is 3. The zero-order chi connectivity index (χ0) is 14.1. The van der Waals surface area contributed by atoms with Crippen LogP contribution in [0.5, 0.6) is 0 Å². The van der Waals surface area contributed by atoms with E-state index in [9.17, 15) is 4.79 Å². The predicted octanol–water partition coefficient (Wildman–Crippen LogP) is 3.18. The Kier molecular flexibility index (Phi) is 3.87. The van der Waals surface area contributed by atoms with E-state index < -0.39 is 0 Å². The van der Waals surface area contributed by atoms with E-state index in [1.165, 1.54) is 11.3 Å². The van der Waals surface area contributed by atoms with E-state index >= 15 is 0 Å². The molecule has 5 heteroatoms. The molecule has 1 aromatic heterocycles. The molecular weight excluding hydrogens is 258 g/mol. The molecule has 1 aromatic rings. The summed E-state index contributed by atoms with van der Waals surface area (Å²) < 4.78 is 0. The van der Waals surface area contributed by atoms with E-state index in [1.54, 1.807) is 0 Å². The summed E-state index contributed by atoms with van der Waals surface area (Å²) in [5, 5.41) is 12.4. The van der Waals surface area contributed by atoms with Crippen LogP contribution in [0.1, 0.15) is 40.5 Å². The fourth-order valence-corrected chi connectivity index (χ4v) is 3.72. The van der Waals surface area contributed by atoms with Crippen molar-refractivity contribution in [2.75, 3.05) is 5.32 Å². The van der Waals surface area contributed by atoms with Gasteiger partial charge in [-0.1, -0.05) is 0 Å². The van der Waals surface area contributed by atoms with E-state index in [0.29, 0.717) is 0 Å². The van der Waals surface area contributed by atoms with Crippen molar-refractivity contribution in [2.45, 2.75) is 57.7 Å². The lowest BCUT2D eigenvalue weighted by atomic mass is 9.80. The van der Waals surface area contributed by atoms with Crippen molar-refractivity contribution >= 4 is 22.4 Å². The highest BCUT2D eigenvalue weighted by Gasteiger charge is 2.38. The normalized spacial score (nSPS) is 21.9. The summed E-state index contributed by atoms with van der Waals surface area (Å²) in [5.74, 6) is 0. The minimum absolute atomic E-state index is 0.0443. The van der Waals surface area contributed by atoms with Crippen molar-refractivity contribution in [3.8, 4) is 0 Å². The first-order valence-electron chi connectivity index (χ1n) is 6.66. The maximum atomic E-state index is 12.0. The quantitative estimate of drug-likeness (QED) is 0.780. The molecule has 1 fully saturated rings. The lowest BCUT2D eigenvalue weighted by Gasteiger charge is -2.46. The molecule has 0 aliphatic carbocycles. The van der Waals surface area contributed by atoms with Crippen molar-refractivity contribution in [3.05, 3.63) is 17.5 Å². The van der Waals surface area contributed by atoms with Crippen LogP contribution in [0, 0.1) is 0 Å². The Morgan fingerprint density at radius 1 is 1.32 bits per heavy atom. The Morgan fingerprint density at radius 2 is 1.95 bits per heavy atom. The molecule has 2 rings (SSSR count). The Bertz CT molecular complexity index is 424. The largest absolute Gasteiger partial charge is 0.335 e. The van der Waals surface area contributed by atoms with Crippen LogP contribution in [-0.2, 0) is 0 Å². The summed E-state index contributed by atoms with van der Waals surface area (Å²) in [7, 11) is 0. The lowest BCUT2D eigenvalue weighted by Crippen LogP contribution is -2.62. The van der Waals surface area contributed by atoms with Crippen LogP contribution < -0.4 is 16.0 Å². The summed E-state index contributed by atoms with van der Waals surface area (Å²) >= 11 is 1.53. The molecule has 1 aliphatic heterocycles. The monoisotopic (exact) mass is 281 g/mol. The number of piperidine rings is 1. The molecule has 3 N–H and O–H groups in total. The number of hydrogen-bond donors (Lipinski definition) is 3. The Labute approximate surface area is 119 Å². The minimum atomic E-state index is -0.110. The number of urea groups is 1. The van der Waals surface area contributed by atoms with Crippen molar-refractivity contribution in [1.82, 2.24) is 10.6 Å². The Hall–Kier alpha value is -1.07. The second kappa shape index (κ2) is 5.13. The SMILES string of the molecule is CC1(C)CC(NC(=O)Nc2cccs2)CC(C)(C)N1. The van der Waals surface area contributed by atoms with Crippen LogP contribution in [0.2, 0.25) is 0 Å². The molecule has 0 unspecified atom stereocenters. The van der Waals surface area contributed by atoms with Crippen molar-refractivity contribution in [3.63, 3.8) is 0 Å². The number of thiophene rings is 1. The van der Waals surface area contributed by atoms with E-state index in [1.807, 2.05) is 17.5 Å². The molecule has 106 valence electrons. The fraction of sp³-hybridized carbons (Fsp3) is 0.643. The third kappa shape index (κ3) is 4.21. The van der Waals surface area contributed by atoms with Gasteiger partial charge in [-0.15, -0.1) is 11.3 Å². The first-order valence-corrected chi connectivity index (χ1v) is 7.54. The van der Waals surface area contributed by atoms with Gasteiger partial charge in [0, 0.05) is 17.1 Å². The number of anilines is 1. The van der Waals surface area contributed by atoms with E-state index in [-0.39, 0.29) is 23.2 Å². The predicted molar refractivity (Wildman–Crippen MR) is 80.8 cm³/mol. The summed E-state index contributed by atoms with van der Waals surface area (Å²) in [5.41, 5.74) is 0.0885. The Morgan fingerprint density at radius 3 is 2.47 bits per heavy atom. The van der Waals surface area contributed by atoms with Gasteiger partial charge in [-0.05, 0) is 58.0 Å². The number of hydrogen-bond acceptors (Lipinski definition) is 3. The third-order valence-electron chi connectivity index (χ3n) is 3.28. The second-order valence-electron chi connectivity index (χ2n) is 6.57. The van der Waals surface area contributed by atoms with Gasteiger partial charge in [0.1, 0.15) is 0 Å². The molecule has 0 atom stereocenters. The zero-order valence-corrected chi connectivity index (χ0v) is 12.9. The molecular formula is C14H23N3OS. The van der Waals surface area contributed by atoms with E-state index in [2.05, 4.69) is 43.6 Å². The average Bonchev–Trinajstić information content (AvgIpc) is 2.63. The van der Waals surface area contributed by atoms with Gasteiger partial charge in [0.2, 0.25) is 0 Å². The molecule has 0 bridgehead atoms. The number of carbonyl (C=O) groups is 1. The van der Waals surface area contributed by atoms with Crippen molar-refractivity contribution in [1.29, 1.82) is 0 Å².